The number of hydrogen-bond acceptors (Lipinski definition) is 2. The predicted molar refractivity (Wildman–Crippen MR) is 76.4 cm³/mol. The van der Waals surface area contributed by atoms with Crippen LogP contribution >= 0.6 is 0 Å². The van der Waals surface area contributed by atoms with Crippen LogP contribution in [0.2, 0.25) is 0 Å². The van der Waals surface area contributed by atoms with Gasteiger partial charge in [-0.2, -0.15) is 5.26 Å². The van der Waals surface area contributed by atoms with Crippen LogP contribution in [0.4, 0.5) is 0 Å². The maximum Gasteiger partial charge on any atom is 0.100 e. The maximum absolute atomic E-state index is 9.33. The summed E-state index contributed by atoms with van der Waals surface area (Å²) in [4.78, 5) is 0. The van der Waals surface area contributed by atoms with E-state index in [4.69, 9.17) is 5.41 Å². The van der Waals surface area contributed by atoms with Gasteiger partial charge in [-0.05, 0) is 28.0 Å². The van der Waals surface area contributed by atoms with Crippen LogP contribution in [-0.4, -0.2) is 6.21 Å². The molecule has 18 heavy (non-hydrogen) atoms. The van der Waals surface area contributed by atoms with E-state index in [2.05, 4.69) is 53.7 Å². The summed E-state index contributed by atoms with van der Waals surface area (Å²) >= 11 is 0. The van der Waals surface area contributed by atoms with E-state index in [9.17, 15) is 5.26 Å². The Bertz CT molecular complexity index is 506. The minimum absolute atomic E-state index is 0.0196. The van der Waals surface area contributed by atoms with Crippen molar-refractivity contribution in [1.82, 2.24) is 0 Å². The summed E-state index contributed by atoms with van der Waals surface area (Å²) in [5.74, 6) is 0. The molecule has 1 N–H and O–H groups in total. The van der Waals surface area contributed by atoms with Crippen molar-refractivity contribution >= 4 is 6.21 Å². The van der Waals surface area contributed by atoms with E-state index in [-0.39, 0.29) is 10.8 Å². The molecule has 0 aliphatic carbocycles. The maximum atomic E-state index is 9.33. The minimum atomic E-state index is -0.0932. The molecule has 0 aromatic heterocycles. The van der Waals surface area contributed by atoms with E-state index < -0.39 is 0 Å². The number of rotatable bonds is 1. The van der Waals surface area contributed by atoms with Crippen molar-refractivity contribution in [2.24, 2.45) is 0 Å². The van der Waals surface area contributed by atoms with E-state index in [0.717, 1.165) is 11.1 Å². The third-order valence-electron chi connectivity index (χ3n) is 3.11. The first kappa shape index (κ1) is 14.4. The number of nitrogens with zero attached hydrogens (tertiary/aromatic N) is 1. The summed E-state index contributed by atoms with van der Waals surface area (Å²) in [5, 5.41) is 16.8. The van der Waals surface area contributed by atoms with Gasteiger partial charge in [-0.25, -0.2) is 0 Å². The molecule has 2 nitrogen and oxygen atoms in total. The number of nitriles is 1. The molecule has 0 aliphatic heterocycles. The number of benzene rings is 1. The van der Waals surface area contributed by atoms with Crippen molar-refractivity contribution in [2.45, 2.75) is 52.4 Å². The van der Waals surface area contributed by atoms with Crippen molar-refractivity contribution in [3.05, 3.63) is 34.4 Å². The zero-order chi connectivity index (χ0) is 14.1. The quantitative estimate of drug-likeness (QED) is 0.739. The second kappa shape index (κ2) is 4.57. The van der Waals surface area contributed by atoms with E-state index in [1.54, 1.807) is 0 Å². The molecule has 0 unspecified atom stereocenters. The van der Waals surface area contributed by atoms with Crippen LogP contribution in [0.1, 0.15) is 63.8 Å². The highest BCUT2D eigenvalue weighted by Crippen LogP contribution is 2.32. The lowest BCUT2D eigenvalue weighted by atomic mass is 9.77. The fraction of sp³-hybridized carbons (Fsp3) is 0.500. The molecule has 1 aromatic rings. The summed E-state index contributed by atoms with van der Waals surface area (Å²) in [5.41, 5.74) is 3.47. The molecule has 1 rings (SSSR count). The van der Waals surface area contributed by atoms with Crippen molar-refractivity contribution in [2.75, 3.05) is 0 Å². The van der Waals surface area contributed by atoms with Crippen LogP contribution in [-0.2, 0) is 10.8 Å². The summed E-state index contributed by atoms with van der Waals surface area (Å²) < 4.78 is 0. The van der Waals surface area contributed by atoms with Crippen molar-refractivity contribution in [3.63, 3.8) is 0 Å². The van der Waals surface area contributed by atoms with Gasteiger partial charge >= 0.3 is 0 Å². The van der Waals surface area contributed by atoms with E-state index in [1.165, 1.54) is 11.8 Å². The first-order valence-electron chi connectivity index (χ1n) is 6.21. The SMILES string of the molecule is CC(C)(C)c1cc(C=N)c(C#N)c(C(C)(C)C)c1. The molecule has 2 heteroatoms. The van der Waals surface area contributed by atoms with Crippen molar-refractivity contribution in [3.8, 4) is 6.07 Å². The molecule has 0 spiro atoms. The summed E-state index contributed by atoms with van der Waals surface area (Å²) in [6, 6.07) is 6.32. The average Bonchev–Trinajstić information content (AvgIpc) is 2.24. The minimum Gasteiger partial charge on any atom is -0.308 e. The van der Waals surface area contributed by atoms with Crippen LogP contribution in [0.5, 0.6) is 0 Å². The molecule has 0 fully saturated rings. The lowest BCUT2D eigenvalue weighted by Crippen LogP contribution is -2.19. The standard InChI is InChI=1S/C16H22N2/c1-15(2,3)12-7-11(9-17)13(10-18)14(8-12)16(4,5)6/h7-9,17H,1-6H3. The fourth-order valence-electron chi connectivity index (χ4n) is 1.93. The lowest BCUT2D eigenvalue weighted by Gasteiger charge is -2.27. The van der Waals surface area contributed by atoms with Gasteiger partial charge < -0.3 is 5.41 Å². The fourth-order valence-corrected chi connectivity index (χ4v) is 1.93. The third kappa shape index (κ3) is 2.79. The molecular weight excluding hydrogens is 220 g/mol. The van der Waals surface area contributed by atoms with E-state index >= 15 is 0 Å². The van der Waals surface area contributed by atoms with Gasteiger partial charge in [-0.1, -0.05) is 47.6 Å². The molecule has 0 amide bonds. The molecule has 0 atom stereocenters. The normalized spacial score (nSPS) is 12.1. The Balaban J connectivity index is 3.69. The Labute approximate surface area is 110 Å². The largest absolute Gasteiger partial charge is 0.308 e. The monoisotopic (exact) mass is 242 g/mol. The highest BCUT2D eigenvalue weighted by Gasteiger charge is 2.24. The molecular formula is C16H22N2. The molecule has 0 saturated heterocycles. The van der Waals surface area contributed by atoms with Crippen LogP contribution in [0, 0.1) is 16.7 Å². The Morgan fingerprint density at radius 1 is 1.06 bits per heavy atom. The van der Waals surface area contributed by atoms with E-state index in [0.29, 0.717) is 5.56 Å². The second-order valence-corrected chi connectivity index (χ2v) is 6.74. The molecule has 0 saturated carbocycles. The van der Waals surface area contributed by atoms with Gasteiger partial charge in [-0.15, -0.1) is 0 Å². The Morgan fingerprint density at radius 3 is 1.94 bits per heavy atom. The second-order valence-electron chi connectivity index (χ2n) is 6.74. The van der Waals surface area contributed by atoms with Crippen LogP contribution < -0.4 is 0 Å². The average molecular weight is 242 g/mol. The molecule has 0 aliphatic rings. The van der Waals surface area contributed by atoms with Gasteiger partial charge in [0.25, 0.3) is 0 Å². The highest BCUT2D eigenvalue weighted by atomic mass is 14.4. The highest BCUT2D eigenvalue weighted by molar-refractivity contribution is 5.82. The third-order valence-corrected chi connectivity index (χ3v) is 3.11. The summed E-state index contributed by atoms with van der Waals surface area (Å²) in [6.45, 7) is 12.7. The Hall–Kier alpha value is -1.62. The van der Waals surface area contributed by atoms with Gasteiger partial charge in [0.2, 0.25) is 0 Å². The van der Waals surface area contributed by atoms with Crippen LogP contribution in [0.25, 0.3) is 0 Å². The molecule has 0 radical (unpaired) electrons. The van der Waals surface area contributed by atoms with Crippen molar-refractivity contribution < 1.29 is 0 Å². The smallest absolute Gasteiger partial charge is 0.100 e. The van der Waals surface area contributed by atoms with Crippen molar-refractivity contribution in [1.29, 1.82) is 10.7 Å². The molecule has 0 heterocycles. The van der Waals surface area contributed by atoms with Gasteiger partial charge in [0.05, 0.1) is 5.56 Å². The van der Waals surface area contributed by atoms with Gasteiger partial charge in [0.1, 0.15) is 6.07 Å². The zero-order valence-corrected chi connectivity index (χ0v) is 12.2. The summed E-state index contributed by atoms with van der Waals surface area (Å²) in [7, 11) is 0. The Morgan fingerprint density at radius 2 is 1.61 bits per heavy atom. The number of hydrogen-bond donors (Lipinski definition) is 1. The predicted octanol–water partition coefficient (Wildman–Crippen LogP) is 4.15. The molecule has 96 valence electrons. The van der Waals surface area contributed by atoms with E-state index in [1.807, 2.05) is 6.07 Å². The first-order valence-corrected chi connectivity index (χ1v) is 6.21. The number of nitrogens with one attached hydrogen (secondary N) is 1. The van der Waals surface area contributed by atoms with Gasteiger partial charge in [-0.3, -0.25) is 0 Å². The van der Waals surface area contributed by atoms with Crippen LogP contribution in [0.15, 0.2) is 12.1 Å². The van der Waals surface area contributed by atoms with Gasteiger partial charge in [0, 0.05) is 11.8 Å². The van der Waals surface area contributed by atoms with Crippen LogP contribution in [0.3, 0.4) is 0 Å². The van der Waals surface area contributed by atoms with Gasteiger partial charge in [0.15, 0.2) is 0 Å². The lowest BCUT2D eigenvalue weighted by molar-refractivity contribution is 0.567. The first-order chi connectivity index (χ1) is 8.11. The zero-order valence-electron chi connectivity index (χ0n) is 12.2. The molecule has 0 bridgehead atoms. The molecule has 1 aromatic carbocycles. The summed E-state index contributed by atoms with van der Waals surface area (Å²) in [6.07, 6.45) is 1.28. The Kier molecular flexibility index (Phi) is 3.67. The topological polar surface area (TPSA) is 47.6 Å².